The van der Waals surface area contributed by atoms with Crippen LogP contribution >= 0.6 is 0 Å². The summed E-state index contributed by atoms with van der Waals surface area (Å²) in [6.45, 7) is 2.00. The summed E-state index contributed by atoms with van der Waals surface area (Å²) in [5.74, 6) is 0.225. The van der Waals surface area contributed by atoms with Gasteiger partial charge in [0.15, 0.2) is 5.78 Å². The minimum absolute atomic E-state index is 0.225. The van der Waals surface area contributed by atoms with Gasteiger partial charge in [0.2, 0.25) is 0 Å². The molecule has 1 fully saturated rings. The SMILES string of the molecule is CN(C)/C=C1\CCC(C)(c2cn[nH]c2)C1=O. The molecular weight excluding hydrogens is 202 g/mol. The van der Waals surface area contributed by atoms with Gasteiger partial charge in [0.25, 0.3) is 0 Å². The van der Waals surface area contributed by atoms with E-state index in [0.717, 1.165) is 24.0 Å². The molecule has 1 N–H and O–H groups in total. The summed E-state index contributed by atoms with van der Waals surface area (Å²) in [5.41, 5.74) is 1.50. The number of aromatic amines is 1. The van der Waals surface area contributed by atoms with Crippen molar-refractivity contribution < 1.29 is 4.79 Å². The highest BCUT2D eigenvalue weighted by molar-refractivity contribution is 6.05. The molecule has 0 aliphatic heterocycles. The van der Waals surface area contributed by atoms with E-state index in [2.05, 4.69) is 10.2 Å². The summed E-state index contributed by atoms with van der Waals surface area (Å²) in [7, 11) is 3.88. The molecular formula is C12H17N3O. The zero-order valence-electron chi connectivity index (χ0n) is 9.95. The lowest BCUT2D eigenvalue weighted by atomic mass is 9.82. The predicted molar refractivity (Wildman–Crippen MR) is 62.0 cm³/mol. The Morgan fingerprint density at radius 1 is 1.56 bits per heavy atom. The van der Waals surface area contributed by atoms with E-state index in [-0.39, 0.29) is 5.78 Å². The molecule has 1 aromatic rings. The van der Waals surface area contributed by atoms with E-state index < -0.39 is 5.41 Å². The van der Waals surface area contributed by atoms with Crippen molar-refractivity contribution in [2.45, 2.75) is 25.2 Å². The average molecular weight is 219 g/mol. The lowest BCUT2D eigenvalue weighted by molar-refractivity contribution is -0.118. The van der Waals surface area contributed by atoms with E-state index in [1.165, 1.54) is 0 Å². The molecule has 1 unspecified atom stereocenters. The third-order valence-corrected chi connectivity index (χ3v) is 3.24. The van der Waals surface area contributed by atoms with Gasteiger partial charge in [0.1, 0.15) is 0 Å². The van der Waals surface area contributed by atoms with Gasteiger partial charge >= 0.3 is 0 Å². The highest BCUT2D eigenvalue weighted by atomic mass is 16.1. The van der Waals surface area contributed by atoms with Crippen molar-refractivity contribution >= 4 is 5.78 Å². The minimum atomic E-state index is -0.394. The number of carbonyl (C=O) groups is 1. The van der Waals surface area contributed by atoms with Gasteiger partial charge in [-0.3, -0.25) is 9.89 Å². The molecule has 0 saturated heterocycles. The van der Waals surface area contributed by atoms with Gasteiger partial charge in [-0.25, -0.2) is 0 Å². The predicted octanol–water partition coefficient (Wildman–Crippen LogP) is 1.48. The van der Waals surface area contributed by atoms with E-state index in [1.54, 1.807) is 6.20 Å². The zero-order valence-corrected chi connectivity index (χ0v) is 9.95. The maximum Gasteiger partial charge on any atom is 0.170 e. The van der Waals surface area contributed by atoms with Crippen molar-refractivity contribution in [3.63, 3.8) is 0 Å². The summed E-state index contributed by atoms with van der Waals surface area (Å²) < 4.78 is 0. The molecule has 0 radical (unpaired) electrons. The van der Waals surface area contributed by atoms with Crippen molar-refractivity contribution in [3.8, 4) is 0 Å². The molecule has 16 heavy (non-hydrogen) atoms. The lowest BCUT2D eigenvalue weighted by Crippen LogP contribution is -2.27. The van der Waals surface area contributed by atoms with Crippen molar-refractivity contribution in [1.29, 1.82) is 0 Å². The van der Waals surface area contributed by atoms with Crippen molar-refractivity contribution in [3.05, 3.63) is 29.7 Å². The van der Waals surface area contributed by atoms with E-state index in [9.17, 15) is 4.79 Å². The van der Waals surface area contributed by atoms with Crippen molar-refractivity contribution in [1.82, 2.24) is 15.1 Å². The van der Waals surface area contributed by atoms with Gasteiger partial charge in [-0.05, 0) is 19.8 Å². The van der Waals surface area contributed by atoms with Crippen LogP contribution in [0.4, 0.5) is 0 Å². The molecule has 0 bridgehead atoms. The number of ketones is 1. The van der Waals surface area contributed by atoms with Crippen molar-refractivity contribution in [2.24, 2.45) is 0 Å². The molecule has 0 amide bonds. The first-order chi connectivity index (χ1) is 7.54. The highest BCUT2D eigenvalue weighted by Crippen LogP contribution is 2.40. The second kappa shape index (κ2) is 3.77. The first-order valence-electron chi connectivity index (χ1n) is 5.45. The largest absolute Gasteiger partial charge is 0.383 e. The maximum absolute atomic E-state index is 12.3. The molecule has 1 aliphatic carbocycles. The third kappa shape index (κ3) is 1.64. The second-order valence-electron chi connectivity index (χ2n) is 4.77. The van der Waals surface area contributed by atoms with Crippen LogP contribution in [0.1, 0.15) is 25.3 Å². The molecule has 0 spiro atoms. The van der Waals surface area contributed by atoms with E-state index in [4.69, 9.17) is 0 Å². The third-order valence-electron chi connectivity index (χ3n) is 3.24. The molecule has 4 nitrogen and oxygen atoms in total. The fourth-order valence-corrected chi connectivity index (χ4v) is 2.23. The van der Waals surface area contributed by atoms with Gasteiger partial charge in [-0.1, -0.05) is 0 Å². The van der Waals surface area contributed by atoms with E-state index >= 15 is 0 Å². The Balaban J connectivity index is 2.31. The number of rotatable bonds is 2. The minimum Gasteiger partial charge on any atom is -0.383 e. The van der Waals surface area contributed by atoms with Crippen LogP contribution in [0.5, 0.6) is 0 Å². The number of carbonyl (C=O) groups excluding carboxylic acids is 1. The van der Waals surface area contributed by atoms with Crippen LogP contribution in [-0.2, 0) is 10.2 Å². The van der Waals surface area contributed by atoms with Crippen molar-refractivity contribution in [2.75, 3.05) is 14.1 Å². The maximum atomic E-state index is 12.3. The van der Waals surface area contributed by atoms with Gasteiger partial charge in [0, 0.05) is 37.6 Å². The fraction of sp³-hybridized carbons (Fsp3) is 0.500. The van der Waals surface area contributed by atoms with E-state index in [1.807, 2.05) is 38.3 Å². The molecule has 86 valence electrons. The number of allylic oxidation sites excluding steroid dienone is 1. The monoisotopic (exact) mass is 219 g/mol. The molecule has 1 aromatic heterocycles. The lowest BCUT2D eigenvalue weighted by Gasteiger charge is -2.19. The Kier molecular flexibility index (Phi) is 2.58. The van der Waals surface area contributed by atoms with E-state index in [0.29, 0.717) is 0 Å². The number of hydrogen-bond acceptors (Lipinski definition) is 3. The van der Waals surface area contributed by atoms with Crippen LogP contribution in [-0.4, -0.2) is 35.0 Å². The number of Topliss-reactive ketones (excluding diaryl/α,β-unsaturated/α-hetero) is 1. The Morgan fingerprint density at radius 3 is 2.88 bits per heavy atom. The zero-order chi connectivity index (χ0) is 11.8. The highest BCUT2D eigenvalue weighted by Gasteiger charge is 2.42. The number of nitrogens with one attached hydrogen (secondary N) is 1. The summed E-state index contributed by atoms with van der Waals surface area (Å²) >= 11 is 0. The topological polar surface area (TPSA) is 49.0 Å². The molecule has 1 atom stereocenters. The number of nitrogens with zero attached hydrogens (tertiary/aromatic N) is 2. The Hall–Kier alpha value is -1.58. The molecule has 0 aromatic carbocycles. The fourth-order valence-electron chi connectivity index (χ4n) is 2.23. The first kappa shape index (κ1) is 10.9. The normalized spacial score (nSPS) is 27.7. The second-order valence-corrected chi connectivity index (χ2v) is 4.77. The molecule has 1 saturated carbocycles. The molecule has 1 heterocycles. The number of hydrogen-bond donors (Lipinski definition) is 1. The summed E-state index contributed by atoms with van der Waals surface area (Å²) in [4.78, 5) is 14.2. The van der Waals surface area contributed by atoms with Crippen LogP contribution in [0.2, 0.25) is 0 Å². The van der Waals surface area contributed by atoms with Crippen LogP contribution in [0.15, 0.2) is 24.2 Å². The Bertz CT molecular complexity index is 419. The van der Waals surface area contributed by atoms with Crippen LogP contribution in [0, 0.1) is 0 Å². The first-order valence-corrected chi connectivity index (χ1v) is 5.45. The average Bonchev–Trinajstić information content (AvgIpc) is 2.82. The quantitative estimate of drug-likeness (QED) is 0.766. The summed E-state index contributed by atoms with van der Waals surface area (Å²) in [5, 5.41) is 6.70. The van der Waals surface area contributed by atoms with Crippen LogP contribution in [0.3, 0.4) is 0 Å². The molecule has 1 aliphatic rings. The Labute approximate surface area is 95.3 Å². The molecule has 2 rings (SSSR count). The standard InChI is InChI=1S/C12H17N3O/c1-12(10-6-13-14-7-10)5-4-9(11(12)16)8-15(2)3/h6-8H,4-5H2,1-3H3,(H,13,14)/b9-8+. The number of H-pyrrole nitrogens is 1. The van der Waals surface area contributed by atoms with Gasteiger partial charge in [-0.2, -0.15) is 5.10 Å². The Morgan fingerprint density at radius 2 is 2.31 bits per heavy atom. The summed E-state index contributed by atoms with van der Waals surface area (Å²) in [6.07, 6.45) is 7.20. The number of aromatic nitrogens is 2. The van der Waals surface area contributed by atoms with Gasteiger partial charge < -0.3 is 4.90 Å². The van der Waals surface area contributed by atoms with Crippen LogP contribution < -0.4 is 0 Å². The van der Waals surface area contributed by atoms with Crippen LogP contribution in [0.25, 0.3) is 0 Å². The van der Waals surface area contributed by atoms with Gasteiger partial charge in [-0.15, -0.1) is 0 Å². The smallest absolute Gasteiger partial charge is 0.170 e. The van der Waals surface area contributed by atoms with Gasteiger partial charge in [0.05, 0.1) is 11.6 Å². The summed E-state index contributed by atoms with van der Waals surface area (Å²) in [6, 6.07) is 0. The molecule has 4 heteroatoms.